The molecule has 0 aliphatic heterocycles. The summed E-state index contributed by atoms with van der Waals surface area (Å²) in [6.45, 7) is 12.1. The van der Waals surface area contributed by atoms with Gasteiger partial charge in [0.1, 0.15) is 29.8 Å². The fourth-order valence-electron chi connectivity index (χ4n) is 6.02. The van der Waals surface area contributed by atoms with Gasteiger partial charge in [0.05, 0.1) is 24.8 Å². The van der Waals surface area contributed by atoms with Crippen molar-refractivity contribution in [2.24, 2.45) is 11.8 Å². The fraction of sp³-hybridized carbons (Fsp3) is 0.550. The molecule has 2 aromatic heterocycles. The normalized spacial score (nSPS) is 15.0. The summed E-state index contributed by atoms with van der Waals surface area (Å²) in [5.41, 5.74) is 0.943. The number of aromatic nitrogens is 4. The maximum atomic E-state index is 14.0. The molecule has 59 heavy (non-hydrogen) atoms. The van der Waals surface area contributed by atoms with Crippen LogP contribution < -0.4 is 31.9 Å². The van der Waals surface area contributed by atoms with Gasteiger partial charge in [0.2, 0.25) is 17.7 Å². The SMILES string of the molecule is CC[C@H](C)[C@H](NC(=O)NCC(O)[C@H](CC(C)C)NC(=O)[C@H](Cc1cnc[nH]1)NC(=O)[C@H](Cc1ccccc1)NC(=O)OC(C)(C)C)C(=O)N[C@@H](Cc1cnc[nH]1)C(=O)O. The molecule has 0 saturated carbocycles. The minimum atomic E-state index is -1.32. The maximum Gasteiger partial charge on any atom is 0.408 e. The number of nitrogens with one attached hydrogen (secondary N) is 8. The van der Waals surface area contributed by atoms with Gasteiger partial charge in [0.25, 0.3) is 0 Å². The van der Waals surface area contributed by atoms with Crippen LogP contribution in [0.5, 0.6) is 0 Å². The van der Waals surface area contributed by atoms with Crippen LogP contribution in [0.4, 0.5) is 9.59 Å². The van der Waals surface area contributed by atoms with Gasteiger partial charge in [0.15, 0.2) is 0 Å². The number of carboxylic acids is 1. The van der Waals surface area contributed by atoms with Gasteiger partial charge in [-0.2, -0.15) is 0 Å². The summed E-state index contributed by atoms with van der Waals surface area (Å²) in [5, 5.41) is 37.0. The second kappa shape index (κ2) is 22.8. The monoisotopic (exact) mass is 824 g/mol. The Labute approximate surface area is 344 Å². The average Bonchev–Trinajstić information content (AvgIpc) is 3.89. The Morgan fingerprint density at radius 1 is 0.763 bits per heavy atom. The van der Waals surface area contributed by atoms with E-state index in [1.54, 1.807) is 52.0 Å². The van der Waals surface area contributed by atoms with Crippen molar-refractivity contribution in [1.82, 2.24) is 51.8 Å². The van der Waals surface area contributed by atoms with E-state index in [0.717, 1.165) is 5.56 Å². The molecule has 0 fully saturated rings. The van der Waals surface area contributed by atoms with Crippen molar-refractivity contribution in [3.63, 3.8) is 0 Å². The highest BCUT2D eigenvalue weighted by atomic mass is 16.6. The van der Waals surface area contributed by atoms with Gasteiger partial charge in [-0.15, -0.1) is 0 Å². The van der Waals surface area contributed by atoms with Crippen molar-refractivity contribution in [3.8, 4) is 0 Å². The van der Waals surface area contributed by atoms with Crippen molar-refractivity contribution in [2.75, 3.05) is 6.54 Å². The molecule has 0 radical (unpaired) electrons. The van der Waals surface area contributed by atoms with Crippen molar-refractivity contribution >= 4 is 35.8 Å². The van der Waals surface area contributed by atoms with E-state index in [2.05, 4.69) is 51.8 Å². The van der Waals surface area contributed by atoms with Crippen LogP contribution in [0.3, 0.4) is 0 Å². The lowest BCUT2D eigenvalue weighted by molar-refractivity contribution is -0.142. The number of aliphatic carboxylic acids is 1. The smallest absolute Gasteiger partial charge is 0.408 e. The molecule has 3 aromatic rings. The molecule has 7 atom stereocenters. The molecule has 0 bridgehead atoms. The Morgan fingerprint density at radius 3 is 1.85 bits per heavy atom. The molecule has 6 amide bonds. The number of benzene rings is 1. The number of aliphatic hydroxyl groups is 1. The van der Waals surface area contributed by atoms with Gasteiger partial charge in [-0.25, -0.2) is 24.4 Å². The molecule has 19 heteroatoms. The number of hydrogen-bond donors (Lipinski definition) is 10. The third kappa shape index (κ3) is 16.8. The number of hydrogen-bond acceptors (Lipinski definition) is 10. The molecule has 10 N–H and O–H groups in total. The molecule has 0 aliphatic carbocycles. The van der Waals surface area contributed by atoms with Gasteiger partial charge < -0.3 is 56.8 Å². The van der Waals surface area contributed by atoms with Crippen LogP contribution in [0.25, 0.3) is 0 Å². The number of carboxylic acid groups (broad SMARTS) is 1. The Morgan fingerprint density at radius 2 is 1.32 bits per heavy atom. The Bertz CT molecular complexity index is 1780. The van der Waals surface area contributed by atoms with E-state index in [-0.39, 0.29) is 38.1 Å². The highest BCUT2D eigenvalue weighted by Crippen LogP contribution is 2.13. The molecule has 1 unspecified atom stereocenters. The number of carbonyl (C=O) groups is 6. The van der Waals surface area contributed by atoms with Gasteiger partial charge in [-0.1, -0.05) is 64.4 Å². The fourth-order valence-corrected chi connectivity index (χ4v) is 6.02. The first-order valence-corrected chi connectivity index (χ1v) is 19.7. The van der Waals surface area contributed by atoms with E-state index in [0.29, 0.717) is 17.8 Å². The number of urea groups is 1. The number of imidazole rings is 2. The Hall–Kier alpha value is -5.98. The summed E-state index contributed by atoms with van der Waals surface area (Å²) in [4.78, 5) is 92.7. The highest BCUT2D eigenvalue weighted by Gasteiger charge is 2.33. The quantitative estimate of drug-likeness (QED) is 0.0696. The van der Waals surface area contributed by atoms with Crippen molar-refractivity contribution in [3.05, 3.63) is 72.3 Å². The van der Waals surface area contributed by atoms with Gasteiger partial charge in [0, 0.05) is 49.6 Å². The minimum absolute atomic E-state index is 0.0170. The lowest BCUT2D eigenvalue weighted by Crippen LogP contribution is -2.59. The summed E-state index contributed by atoms with van der Waals surface area (Å²) in [5.74, 6) is -3.69. The highest BCUT2D eigenvalue weighted by molar-refractivity contribution is 5.92. The van der Waals surface area contributed by atoms with E-state index < -0.39 is 83.6 Å². The van der Waals surface area contributed by atoms with Crippen LogP contribution in [0, 0.1) is 11.8 Å². The second-order valence-corrected chi connectivity index (χ2v) is 15.9. The number of aromatic amines is 2. The zero-order valence-electron chi connectivity index (χ0n) is 34.7. The second-order valence-electron chi connectivity index (χ2n) is 15.9. The third-order valence-electron chi connectivity index (χ3n) is 9.27. The zero-order valence-corrected chi connectivity index (χ0v) is 34.7. The standard InChI is InChI=1S/C40H60N10O9/c1-8-24(4)33(36(54)48-31(37(55)56)17-27-19-42-22-45-27)50-38(57)43-20-32(51)28(14-23(2)3)46-35(53)30(16-26-18-41-21-44-26)47-34(52)29(15-25-12-10-9-11-13-25)49-39(58)59-40(5,6)7/h9-13,18-19,21-24,28-33,51H,8,14-17,20H2,1-7H3,(H,41,44)(H,42,45)(H,46,53)(H,47,52)(H,48,54)(H,49,58)(H,55,56)(H2,43,50,57)/t24-,28-,29-,30-,31-,32?,33-/m0/s1. The van der Waals surface area contributed by atoms with E-state index in [1.165, 1.54) is 25.0 Å². The summed E-state index contributed by atoms with van der Waals surface area (Å²) in [6.07, 6.45) is 4.41. The van der Waals surface area contributed by atoms with Gasteiger partial charge in [-0.05, 0) is 44.6 Å². The van der Waals surface area contributed by atoms with Crippen LogP contribution >= 0.6 is 0 Å². The molecule has 1 aromatic carbocycles. The first-order chi connectivity index (χ1) is 27.8. The number of carbonyl (C=O) groups excluding carboxylic acids is 5. The van der Waals surface area contributed by atoms with Crippen LogP contribution in [0.1, 0.15) is 78.3 Å². The van der Waals surface area contributed by atoms with Gasteiger partial charge in [-0.3, -0.25) is 14.4 Å². The van der Waals surface area contributed by atoms with Crippen LogP contribution in [0.15, 0.2) is 55.4 Å². The van der Waals surface area contributed by atoms with Crippen molar-refractivity contribution in [1.29, 1.82) is 0 Å². The van der Waals surface area contributed by atoms with Gasteiger partial charge >= 0.3 is 18.1 Å². The summed E-state index contributed by atoms with van der Waals surface area (Å²) in [6, 6.07) is 2.58. The third-order valence-corrected chi connectivity index (χ3v) is 9.27. The number of rotatable bonds is 22. The molecular weight excluding hydrogens is 765 g/mol. The number of ether oxygens (including phenoxy) is 1. The first-order valence-electron chi connectivity index (χ1n) is 19.7. The van der Waals surface area contributed by atoms with Crippen LogP contribution in [-0.4, -0.2) is 114 Å². The molecule has 19 nitrogen and oxygen atoms in total. The molecular formula is C40H60N10O9. The predicted molar refractivity (Wildman–Crippen MR) is 217 cm³/mol. The summed E-state index contributed by atoms with van der Waals surface area (Å²) >= 11 is 0. The Balaban J connectivity index is 1.73. The number of alkyl carbamates (subject to hydrolysis) is 1. The summed E-state index contributed by atoms with van der Waals surface area (Å²) in [7, 11) is 0. The lowest BCUT2D eigenvalue weighted by Gasteiger charge is -2.30. The number of amides is 6. The number of H-pyrrole nitrogens is 2. The summed E-state index contributed by atoms with van der Waals surface area (Å²) < 4.78 is 5.41. The topological polar surface area (TPSA) is 282 Å². The van der Waals surface area contributed by atoms with E-state index in [4.69, 9.17) is 4.74 Å². The van der Waals surface area contributed by atoms with E-state index in [1.807, 2.05) is 26.8 Å². The maximum absolute atomic E-state index is 14.0. The molecule has 3 rings (SSSR count). The Kier molecular flexibility index (Phi) is 18.3. The number of aliphatic hydroxyl groups excluding tert-OH is 1. The van der Waals surface area contributed by atoms with Crippen LogP contribution in [0.2, 0.25) is 0 Å². The first kappa shape index (κ1) is 47.4. The average molecular weight is 825 g/mol. The van der Waals surface area contributed by atoms with E-state index >= 15 is 0 Å². The van der Waals surface area contributed by atoms with Crippen LogP contribution in [-0.2, 0) is 43.2 Å². The lowest BCUT2D eigenvalue weighted by atomic mass is 9.97. The minimum Gasteiger partial charge on any atom is -0.480 e. The molecule has 0 aliphatic rings. The molecule has 324 valence electrons. The molecule has 0 spiro atoms. The van der Waals surface area contributed by atoms with E-state index in [9.17, 15) is 39.0 Å². The molecule has 2 heterocycles. The predicted octanol–water partition coefficient (Wildman–Crippen LogP) is 1.71. The number of nitrogens with zero attached hydrogens (tertiary/aromatic N) is 2. The molecule has 0 saturated heterocycles. The zero-order chi connectivity index (χ0) is 43.7. The largest absolute Gasteiger partial charge is 0.480 e. The van der Waals surface area contributed by atoms with Crippen molar-refractivity contribution < 1.29 is 43.7 Å². The van der Waals surface area contributed by atoms with Crippen molar-refractivity contribution in [2.45, 2.75) is 122 Å².